The van der Waals surface area contributed by atoms with Crippen molar-refractivity contribution in [1.29, 1.82) is 0 Å². The first kappa shape index (κ1) is 32.1. The van der Waals surface area contributed by atoms with Gasteiger partial charge in [-0.1, -0.05) is 97.9 Å². The number of amides is 1. The molecular weight excluding hydrogens is 610 g/mol. The quantitative estimate of drug-likeness (QED) is 0.143. The van der Waals surface area contributed by atoms with Gasteiger partial charge in [0.25, 0.3) is 0 Å². The summed E-state index contributed by atoms with van der Waals surface area (Å²) in [5.41, 5.74) is 6.69. The Kier molecular flexibility index (Phi) is 9.39. The van der Waals surface area contributed by atoms with Crippen LogP contribution in [0.15, 0.2) is 121 Å². The Balaban J connectivity index is 1.14. The normalized spacial score (nSPS) is 16.3. The van der Waals surface area contributed by atoms with Gasteiger partial charge in [-0.05, 0) is 54.4 Å². The lowest BCUT2D eigenvalue weighted by molar-refractivity contribution is -0.125. The second kappa shape index (κ2) is 14.3. The number of carbonyl (C=O) groups is 1. The Hall–Kier alpha value is -5.47. The molecule has 49 heavy (non-hydrogen) atoms. The molecule has 0 aliphatic carbocycles. The molecule has 6 aromatic rings. The third-order valence-electron chi connectivity index (χ3n) is 9.41. The van der Waals surface area contributed by atoms with Crippen LogP contribution in [0.25, 0.3) is 22.2 Å². The van der Waals surface area contributed by atoms with Crippen LogP contribution in [0.4, 0.5) is 5.69 Å². The van der Waals surface area contributed by atoms with Crippen LogP contribution in [0.1, 0.15) is 30.0 Å². The standard InChI is InChI=1S/C41H41N5O3/c1-29-36(44(2)26-30-13-7-4-8-14-30)23-24-46(41(29)47)33-19-20-34-37(25-33)45(3)43-39(34)35-21-22-38(48-27-31-15-9-5-10-16-31)42-40(35)49-28-32-17-11-6-12-18-32/h4-22,25,29,36H,23-24,26-28H2,1-3H3. The maximum Gasteiger partial charge on any atom is 0.231 e. The average molecular weight is 652 g/mol. The monoisotopic (exact) mass is 651 g/mol. The van der Waals surface area contributed by atoms with Crippen molar-refractivity contribution in [3.63, 3.8) is 0 Å². The number of nitrogens with zero attached hydrogens (tertiary/aromatic N) is 5. The molecule has 7 rings (SSSR count). The first-order chi connectivity index (χ1) is 23.9. The highest BCUT2D eigenvalue weighted by Crippen LogP contribution is 2.37. The minimum atomic E-state index is -0.127. The Bertz CT molecular complexity index is 2030. The first-order valence-electron chi connectivity index (χ1n) is 16.8. The number of hydrogen-bond acceptors (Lipinski definition) is 6. The van der Waals surface area contributed by atoms with Gasteiger partial charge in [0.2, 0.25) is 17.7 Å². The molecule has 0 bridgehead atoms. The molecule has 1 fully saturated rings. The Morgan fingerprint density at radius 2 is 1.43 bits per heavy atom. The third-order valence-corrected chi connectivity index (χ3v) is 9.41. The molecule has 8 heteroatoms. The highest BCUT2D eigenvalue weighted by Gasteiger charge is 2.36. The molecule has 0 saturated carbocycles. The van der Waals surface area contributed by atoms with Crippen molar-refractivity contribution in [2.75, 3.05) is 18.5 Å². The first-order valence-corrected chi connectivity index (χ1v) is 16.8. The van der Waals surface area contributed by atoms with Crippen LogP contribution < -0.4 is 14.4 Å². The van der Waals surface area contributed by atoms with Crippen LogP contribution in [-0.2, 0) is 31.6 Å². The summed E-state index contributed by atoms with van der Waals surface area (Å²) in [5.74, 6) is 0.941. The number of hydrogen-bond donors (Lipinski definition) is 0. The van der Waals surface area contributed by atoms with Gasteiger partial charge in [0.05, 0.1) is 17.0 Å². The van der Waals surface area contributed by atoms with E-state index in [0.717, 1.165) is 51.9 Å². The van der Waals surface area contributed by atoms with Gasteiger partial charge in [-0.3, -0.25) is 14.4 Å². The Morgan fingerprint density at radius 1 is 0.796 bits per heavy atom. The van der Waals surface area contributed by atoms with Crippen molar-refractivity contribution in [2.24, 2.45) is 13.0 Å². The third kappa shape index (κ3) is 7.05. The Morgan fingerprint density at radius 3 is 2.10 bits per heavy atom. The summed E-state index contributed by atoms with van der Waals surface area (Å²) in [7, 11) is 4.05. The van der Waals surface area contributed by atoms with E-state index in [1.807, 2.05) is 102 Å². The zero-order valence-corrected chi connectivity index (χ0v) is 28.2. The minimum absolute atomic E-state index is 0.127. The average Bonchev–Trinajstić information content (AvgIpc) is 3.47. The van der Waals surface area contributed by atoms with Gasteiger partial charge < -0.3 is 14.4 Å². The summed E-state index contributed by atoms with van der Waals surface area (Å²) in [6.45, 7) is 4.29. The minimum Gasteiger partial charge on any atom is -0.473 e. The van der Waals surface area contributed by atoms with Crippen molar-refractivity contribution in [3.05, 3.63) is 138 Å². The molecule has 0 spiro atoms. The molecule has 8 nitrogen and oxygen atoms in total. The highest BCUT2D eigenvalue weighted by atomic mass is 16.5. The molecule has 0 N–H and O–H groups in total. The van der Waals surface area contributed by atoms with E-state index in [1.54, 1.807) is 0 Å². The van der Waals surface area contributed by atoms with Crippen LogP contribution in [0.2, 0.25) is 0 Å². The number of piperidine rings is 1. The summed E-state index contributed by atoms with van der Waals surface area (Å²) >= 11 is 0. The van der Waals surface area contributed by atoms with Gasteiger partial charge in [0.1, 0.15) is 18.9 Å². The van der Waals surface area contributed by atoms with Crippen LogP contribution >= 0.6 is 0 Å². The number of anilines is 1. The lowest BCUT2D eigenvalue weighted by Gasteiger charge is -2.40. The number of aryl methyl sites for hydroxylation is 1. The van der Waals surface area contributed by atoms with Gasteiger partial charge >= 0.3 is 0 Å². The Labute approximate surface area is 287 Å². The molecule has 1 aliphatic heterocycles. The number of pyridine rings is 1. The highest BCUT2D eigenvalue weighted by molar-refractivity contribution is 6.01. The summed E-state index contributed by atoms with van der Waals surface area (Å²) in [6, 6.07) is 40.6. The fraction of sp³-hybridized carbons (Fsp3) is 0.244. The zero-order valence-electron chi connectivity index (χ0n) is 28.2. The SMILES string of the molecule is CC1C(=O)N(c2ccc3c(-c4ccc(OCc5ccccc5)nc4OCc4ccccc4)nn(C)c3c2)CCC1N(C)Cc1ccccc1. The van der Waals surface area contributed by atoms with Crippen molar-refractivity contribution in [3.8, 4) is 23.0 Å². The topological polar surface area (TPSA) is 72.7 Å². The number of rotatable bonds is 11. The maximum atomic E-state index is 13.8. The van der Waals surface area contributed by atoms with Crippen LogP contribution in [0, 0.1) is 5.92 Å². The summed E-state index contributed by atoms with van der Waals surface area (Å²) in [6.07, 6.45) is 0.900. The molecule has 0 radical (unpaired) electrons. The number of ether oxygens (including phenoxy) is 2. The fourth-order valence-electron chi connectivity index (χ4n) is 6.74. The maximum absolute atomic E-state index is 13.8. The lowest BCUT2D eigenvalue weighted by Crippen LogP contribution is -2.52. The molecular formula is C41H41N5O3. The molecule has 4 aromatic carbocycles. The smallest absolute Gasteiger partial charge is 0.231 e. The molecule has 1 aliphatic rings. The van der Waals surface area contributed by atoms with Crippen molar-refractivity contribution >= 4 is 22.5 Å². The molecule has 3 heterocycles. The van der Waals surface area contributed by atoms with Crippen molar-refractivity contribution in [1.82, 2.24) is 19.7 Å². The number of fused-ring (bicyclic) bond motifs is 1. The van der Waals surface area contributed by atoms with Gasteiger partial charge in [-0.25, -0.2) is 0 Å². The second-order valence-corrected chi connectivity index (χ2v) is 12.8. The zero-order chi connectivity index (χ0) is 33.7. The van der Waals surface area contributed by atoms with Crippen LogP contribution in [0.3, 0.4) is 0 Å². The predicted molar refractivity (Wildman–Crippen MR) is 193 cm³/mol. The van der Waals surface area contributed by atoms with E-state index in [1.165, 1.54) is 5.56 Å². The predicted octanol–water partition coefficient (Wildman–Crippen LogP) is 7.67. The number of aromatic nitrogens is 3. The van der Waals surface area contributed by atoms with E-state index in [9.17, 15) is 4.79 Å². The van der Waals surface area contributed by atoms with E-state index in [0.29, 0.717) is 31.5 Å². The summed E-state index contributed by atoms with van der Waals surface area (Å²) < 4.78 is 14.3. The van der Waals surface area contributed by atoms with E-state index in [-0.39, 0.29) is 17.9 Å². The molecule has 1 saturated heterocycles. The number of carbonyl (C=O) groups excluding carboxylic acids is 1. The van der Waals surface area contributed by atoms with E-state index >= 15 is 0 Å². The van der Waals surface area contributed by atoms with E-state index < -0.39 is 0 Å². The van der Waals surface area contributed by atoms with E-state index in [4.69, 9.17) is 19.6 Å². The van der Waals surface area contributed by atoms with Crippen LogP contribution in [-0.4, -0.2) is 45.2 Å². The number of benzene rings is 4. The largest absolute Gasteiger partial charge is 0.473 e. The van der Waals surface area contributed by atoms with Crippen molar-refractivity contribution in [2.45, 2.75) is 39.1 Å². The molecule has 2 atom stereocenters. The summed E-state index contributed by atoms with van der Waals surface area (Å²) in [5, 5.41) is 5.89. The van der Waals surface area contributed by atoms with Crippen LogP contribution in [0.5, 0.6) is 11.8 Å². The van der Waals surface area contributed by atoms with Gasteiger partial charge in [0.15, 0.2) is 0 Å². The van der Waals surface area contributed by atoms with Gasteiger partial charge in [-0.15, -0.1) is 0 Å². The van der Waals surface area contributed by atoms with E-state index in [2.05, 4.69) is 55.3 Å². The molecule has 248 valence electrons. The second-order valence-electron chi connectivity index (χ2n) is 12.8. The van der Waals surface area contributed by atoms with Gasteiger partial charge in [-0.2, -0.15) is 10.1 Å². The summed E-state index contributed by atoms with van der Waals surface area (Å²) in [4.78, 5) is 22.8. The molecule has 2 aromatic heterocycles. The molecule has 1 amide bonds. The lowest BCUT2D eigenvalue weighted by atomic mass is 9.91. The van der Waals surface area contributed by atoms with Crippen molar-refractivity contribution < 1.29 is 14.3 Å². The fourth-order valence-corrected chi connectivity index (χ4v) is 6.74. The molecule has 2 unspecified atom stereocenters. The van der Waals surface area contributed by atoms with Gasteiger partial charge in [0, 0.05) is 43.3 Å².